The van der Waals surface area contributed by atoms with E-state index in [-0.39, 0.29) is 17.3 Å². The van der Waals surface area contributed by atoms with Crippen molar-refractivity contribution in [2.45, 2.75) is 6.04 Å². The fourth-order valence-corrected chi connectivity index (χ4v) is 2.06. The van der Waals surface area contributed by atoms with Gasteiger partial charge in [0.25, 0.3) is 5.91 Å². The number of urea groups is 1. The SMILES string of the molecule is COCC1NC(=O)N(c2cc(Cl)ccc2Cl)C1=O. The van der Waals surface area contributed by atoms with Crippen LogP contribution in [0.4, 0.5) is 10.5 Å². The number of carbonyl (C=O) groups excluding carboxylic acids is 2. The molecule has 3 amide bonds. The van der Waals surface area contributed by atoms with Crippen molar-refractivity contribution < 1.29 is 14.3 Å². The second-order valence-corrected chi connectivity index (χ2v) is 4.57. The number of rotatable bonds is 3. The van der Waals surface area contributed by atoms with E-state index in [4.69, 9.17) is 27.9 Å². The molecule has 1 atom stereocenters. The average Bonchev–Trinajstić information content (AvgIpc) is 2.59. The summed E-state index contributed by atoms with van der Waals surface area (Å²) >= 11 is 11.8. The number of nitrogens with one attached hydrogen (secondary N) is 1. The fraction of sp³-hybridized carbons (Fsp3) is 0.273. The normalized spacial score (nSPS) is 19.3. The lowest BCUT2D eigenvalue weighted by atomic mass is 10.2. The van der Waals surface area contributed by atoms with Gasteiger partial charge in [0.1, 0.15) is 6.04 Å². The molecule has 0 saturated carbocycles. The molecule has 1 aliphatic rings. The van der Waals surface area contributed by atoms with Crippen molar-refractivity contribution in [2.75, 3.05) is 18.6 Å². The molecule has 1 fully saturated rings. The number of hydrogen-bond acceptors (Lipinski definition) is 3. The Labute approximate surface area is 114 Å². The predicted octanol–water partition coefficient (Wildman–Crippen LogP) is 2.06. The number of benzene rings is 1. The lowest BCUT2D eigenvalue weighted by Gasteiger charge is -2.14. The van der Waals surface area contributed by atoms with Crippen molar-refractivity contribution in [3.8, 4) is 0 Å². The van der Waals surface area contributed by atoms with Crippen LogP contribution >= 0.6 is 23.2 Å². The van der Waals surface area contributed by atoms with Gasteiger partial charge in [-0.3, -0.25) is 4.79 Å². The number of anilines is 1. The first-order valence-electron chi connectivity index (χ1n) is 5.13. The monoisotopic (exact) mass is 288 g/mol. The third-order valence-electron chi connectivity index (χ3n) is 2.50. The molecule has 96 valence electrons. The topological polar surface area (TPSA) is 58.6 Å². The Morgan fingerprint density at radius 2 is 2.11 bits per heavy atom. The van der Waals surface area contributed by atoms with E-state index < -0.39 is 18.0 Å². The highest BCUT2D eigenvalue weighted by atomic mass is 35.5. The van der Waals surface area contributed by atoms with Crippen LogP contribution in [0.1, 0.15) is 0 Å². The summed E-state index contributed by atoms with van der Waals surface area (Å²) in [5, 5.41) is 3.18. The Balaban J connectivity index is 2.36. The second kappa shape index (κ2) is 5.14. The van der Waals surface area contributed by atoms with Crippen LogP contribution in [0.25, 0.3) is 0 Å². The Morgan fingerprint density at radius 3 is 2.78 bits per heavy atom. The number of nitrogens with zero attached hydrogens (tertiary/aromatic N) is 1. The number of halogens is 2. The number of amides is 3. The molecule has 5 nitrogen and oxygen atoms in total. The zero-order valence-corrected chi connectivity index (χ0v) is 11.0. The highest BCUT2D eigenvalue weighted by Crippen LogP contribution is 2.31. The third kappa shape index (κ3) is 2.29. The van der Waals surface area contributed by atoms with Crippen molar-refractivity contribution in [1.82, 2.24) is 5.32 Å². The summed E-state index contributed by atoms with van der Waals surface area (Å²) in [5.41, 5.74) is 0.269. The highest BCUT2D eigenvalue weighted by Gasteiger charge is 2.39. The first-order valence-corrected chi connectivity index (χ1v) is 5.88. The predicted molar refractivity (Wildman–Crippen MR) is 68.1 cm³/mol. The highest BCUT2D eigenvalue weighted by molar-refractivity contribution is 6.37. The maximum Gasteiger partial charge on any atom is 0.329 e. The summed E-state index contributed by atoms with van der Waals surface area (Å²) in [6.45, 7) is 0.110. The molecule has 7 heteroatoms. The Bertz CT molecular complexity index is 507. The molecule has 1 N–H and O–H groups in total. The number of hydrogen-bond donors (Lipinski definition) is 1. The Kier molecular flexibility index (Phi) is 3.75. The molecular weight excluding hydrogens is 279 g/mol. The van der Waals surface area contributed by atoms with Gasteiger partial charge in [-0.05, 0) is 18.2 Å². The summed E-state index contributed by atoms with van der Waals surface area (Å²) < 4.78 is 4.86. The summed E-state index contributed by atoms with van der Waals surface area (Å²) in [7, 11) is 1.45. The number of methoxy groups -OCH3 is 1. The van der Waals surface area contributed by atoms with E-state index in [9.17, 15) is 9.59 Å². The Hall–Kier alpha value is -1.30. The van der Waals surface area contributed by atoms with Gasteiger partial charge in [-0.15, -0.1) is 0 Å². The van der Waals surface area contributed by atoms with Crippen molar-refractivity contribution in [3.05, 3.63) is 28.2 Å². The first-order chi connectivity index (χ1) is 8.54. The Morgan fingerprint density at radius 1 is 1.39 bits per heavy atom. The van der Waals surface area contributed by atoms with E-state index in [0.717, 1.165) is 4.90 Å². The molecular formula is C11H10Cl2N2O3. The molecule has 1 heterocycles. The van der Waals surface area contributed by atoms with E-state index in [1.807, 2.05) is 0 Å². The van der Waals surface area contributed by atoms with Crippen LogP contribution in [0.5, 0.6) is 0 Å². The molecule has 0 aliphatic carbocycles. The van der Waals surface area contributed by atoms with Gasteiger partial charge >= 0.3 is 6.03 Å². The van der Waals surface area contributed by atoms with Gasteiger partial charge in [0.05, 0.1) is 17.3 Å². The van der Waals surface area contributed by atoms with Gasteiger partial charge in [-0.1, -0.05) is 23.2 Å². The molecule has 18 heavy (non-hydrogen) atoms. The van der Waals surface area contributed by atoms with Gasteiger partial charge in [0.2, 0.25) is 0 Å². The van der Waals surface area contributed by atoms with Crippen molar-refractivity contribution in [1.29, 1.82) is 0 Å². The molecule has 1 saturated heterocycles. The summed E-state index contributed by atoms with van der Waals surface area (Å²) in [4.78, 5) is 24.8. The maximum atomic E-state index is 12.0. The van der Waals surface area contributed by atoms with Gasteiger partial charge < -0.3 is 10.1 Å². The fourth-order valence-electron chi connectivity index (χ4n) is 1.70. The van der Waals surface area contributed by atoms with E-state index in [1.54, 1.807) is 6.07 Å². The molecule has 0 radical (unpaired) electrons. The zero-order valence-electron chi connectivity index (χ0n) is 9.44. The van der Waals surface area contributed by atoms with Crippen LogP contribution in [-0.4, -0.2) is 31.7 Å². The number of carbonyl (C=O) groups is 2. The second-order valence-electron chi connectivity index (χ2n) is 3.73. The van der Waals surface area contributed by atoms with E-state index in [0.29, 0.717) is 5.02 Å². The van der Waals surface area contributed by atoms with Gasteiger partial charge in [0, 0.05) is 12.1 Å². The van der Waals surface area contributed by atoms with Crippen molar-refractivity contribution in [3.63, 3.8) is 0 Å². The van der Waals surface area contributed by atoms with Gasteiger partial charge in [-0.25, -0.2) is 9.69 Å². The van der Waals surface area contributed by atoms with E-state index >= 15 is 0 Å². The molecule has 1 aromatic rings. The smallest absolute Gasteiger partial charge is 0.329 e. The van der Waals surface area contributed by atoms with Crippen LogP contribution in [0, 0.1) is 0 Å². The minimum atomic E-state index is -0.697. The first kappa shape index (κ1) is 13.1. The minimum absolute atomic E-state index is 0.110. The van der Waals surface area contributed by atoms with Crippen LogP contribution in [0.3, 0.4) is 0 Å². The minimum Gasteiger partial charge on any atom is -0.382 e. The molecule has 1 aliphatic heterocycles. The largest absolute Gasteiger partial charge is 0.382 e. The van der Waals surface area contributed by atoms with Crippen LogP contribution < -0.4 is 10.2 Å². The lowest BCUT2D eigenvalue weighted by molar-refractivity contribution is -0.119. The lowest BCUT2D eigenvalue weighted by Crippen LogP contribution is -2.34. The van der Waals surface area contributed by atoms with Gasteiger partial charge in [0.15, 0.2) is 0 Å². The molecule has 1 unspecified atom stereocenters. The van der Waals surface area contributed by atoms with Gasteiger partial charge in [-0.2, -0.15) is 0 Å². The maximum absolute atomic E-state index is 12.0. The molecule has 0 spiro atoms. The summed E-state index contributed by atoms with van der Waals surface area (Å²) in [6, 6.07) is 3.35. The zero-order chi connectivity index (χ0) is 13.3. The van der Waals surface area contributed by atoms with Crippen LogP contribution in [0.15, 0.2) is 18.2 Å². The standard InChI is InChI=1S/C11H10Cl2N2O3/c1-18-5-8-10(16)15(11(17)14-8)9-4-6(12)2-3-7(9)13/h2-4,8H,5H2,1H3,(H,14,17). The molecule has 2 rings (SSSR count). The van der Waals surface area contributed by atoms with Crippen molar-refractivity contribution >= 4 is 40.8 Å². The molecule has 0 aromatic heterocycles. The van der Waals surface area contributed by atoms with Crippen LogP contribution in [-0.2, 0) is 9.53 Å². The summed E-state index contributed by atoms with van der Waals surface area (Å²) in [5.74, 6) is -0.411. The van der Waals surface area contributed by atoms with Crippen LogP contribution in [0.2, 0.25) is 10.0 Å². The average molecular weight is 289 g/mol. The van der Waals surface area contributed by atoms with Crippen molar-refractivity contribution in [2.24, 2.45) is 0 Å². The molecule has 1 aromatic carbocycles. The molecule has 0 bridgehead atoms. The third-order valence-corrected chi connectivity index (χ3v) is 3.06. The van der Waals surface area contributed by atoms with E-state index in [1.165, 1.54) is 19.2 Å². The van der Waals surface area contributed by atoms with E-state index in [2.05, 4.69) is 5.32 Å². The number of imide groups is 1. The number of ether oxygens (including phenoxy) is 1. The summed E-state index contributed by atoms with van der Waals surface area (Å²) in [6.07, 6.45) is 0. The quantitative estimate of drug-likeness (QED) is 0.866.